The van der Waals surface area contributed by atoms with E-state index in [4.69, 9.17) is 5.73 Å². The second-order valence-electron chi connectivity index (χ2n) is 4.97. The molecule has 4 nitrogen and oxygen atoms in total. The first-order chi connectivity index (χ1) is 9.78. The summed E-state index contributed by atoms with van der Waals surface area (Å²) in [4.78, 5) is 4.02. The molecule has 22 heavy (non-hydrogen) atoms. The Balaban J connectivity index is 0.00000441. The molecule has 0 heterocycles. The maximum Gasteiger partial charge on any atom is 0.573 e. The Morgan fingerprint density at radius 3 is 2.55 bits per heavy atom. The number of guanidine groups is 1. The first-order valence-corrected chi connectivity index (χ1v) is 6.65. The van der Waals surface area contributed by atoms with Crippen LogP contribution in [-0.4, -0.2) is 18.9 Å². The Hall–Kier alpha value is -1.19. The number of aliphatic imine (C=N–C) groups is 1. The topological polar surface area (TPSA) is 59.6 Å². The summed E-state index contributed by atoms with van der Waals surface area (Å²) in [6, 6.07) is 5.86. The minimum atomic E-state index is -4.72. The van der Waals surface area contributed by atoms with Crippen molar-refractivity contribution in [2.24, 2.45) is 16.6 Å². The second-order valence-corrected chi connectivity index (χ2v) is 4.97. The Kier molecular flexibility index (Phi) is 9.22. The van der Waals surface area contributed by atoms with Gasteiger partial charge >= 0.3 is 6.36 Å². The highest BCUT2D eigenvalue weighted by molar-refractivity contribution is 14.0. The summed E-state index contributed by atoms with van der Waals surface area (Å²) < 4.78 is 40.7. The van der Waals surface area contributed by atoms with E-state index in [0.29, 0.717) is 18.0 Å². The van der Waals surface area contributed by atoms with Gasteiger partial charge in [0.2, 0.25) is 0 Å². The zero-order valence-corrected chi connectivity index (χ0v) is 14.8. The number of hydrogen-bond donors (Lipinski definition) is 2. The largest absolute Gasteiger partial charge is 0.573 e. The number of halogens is 4. The minimum Gasteiger partial charge on any atom is -0.405 e. The quantitative estimate of drug-likeness (QED) is 0.411. The van der Waals surface area contributed by atoms with Gasteiger partial charge in [-0.2, -0.15) is 0 Å². The van der Waals surface area contributed by atoms with Crippen molar-refractivity contribution in [1.29, 1.82) is 0 Å². The summed E-state index contributed by atoms with van der Waals surface area (Å²) in [7, 11) is 0. The summed E-state index contributed by atoms with van der Waals surface area (Å²) in [5.41, 5.74) is 5.98. The van der Waals surface area contributed by atoms with Crippen molar-refractivity contribution in [1.82, 2.24) is 5.32 Å². The molecule has 0 aliphatic carbocycles. The molecule has 126 valence electrons. The van der Waals surface area contributed by atoms with E-state index >= 15 is 0 Å². The third-order valence-electron chi connectivity index (χ3n) is 2.65. The number of nitrogens with one attached hydrogen (secondary N) is 1. The first kappa shape index (κ1) is 20.8. The van der Waals surface area contributed by atoms with E-state index in [0.717, 1.165) is 6.42 Å². The van der Waals surface area contributed by atoms with Crippen molar-refractivity contribution in [3.8, 4) is 5.75 Å². The molecule has 1 aromatic rings. The number of nitrogens with zero attached hydrogens (tertiary/aromatic N) is 1. The molecule has 3 N–H and O–H groups in total. The number of ether oxygens (including phenoxy) is 1. The average molecular weight is 431 g/mol. The van der Waals surface area contributed by atoms with Crippen LogP contribution in [0.15, 0.2) is 29.3 Å². The molecular formula is C14H21F3IN3O. The molecule has 0 saturated carbocycles. The van der Waals surface area contributed by atoms with Crippen molar-refractivity contribution in [3.05, 3.63) is 29.8 Å². The monoisotopic (exact) mass is 431 g/mol. The third-order valence-corrected chi connectivity index (χ3v) is 2.65. The summed E-state index contributed by atoms with van der Waals surface area (Å²) in [6.07, 6.45) is -3.79. The lowest BCUT2D eigenvalue weighted by Gasteiger charge is -2.12. The van der Waals surface area contributed by atoms with Crippen molar-refractivity contribution in [2.75, 3.05) is 6.54 Å². The molecule has 1 aromatic carbocycles. The van der Waals surface area contributed by atoms with Crippen molar-refractivity contribution in [3.63, 3.8) is 0 Å². The molecule has 0 amide bonds. The second kappa shape index (κ2) is 9.75. The lowest BCUT2D eigenvalue weighted by atomic mass is 10.1. The molecule has 1 rings (SSSR count). The Morgan fingerprint density at radius 2 is 1.95 bits per heavy atom. The van der Waals surface area contributed by atoms with Crippen LogP contribution in [0.3, 0.4) is 0 Å². The predicted molar refractivity (Wildman–Crippen MR) is 91.3 cm³/mol. The molecule has 0 spiro atoms. The molecule has 0 bridgehead atoms. The first-order valence-electron chi connectivity index (χ1n) is 6.65. The SMILES string of the molecule is CC(C)CCNC(N)=NCc1ccccc1OC(F)(F)F.I. The van der Waals surface area contributed by atoms with Gasteiger partial charge in [0.1, 0.15) is 5.75 Å². The summed E-state index contributed by atoms with van der Waals surface area (Å²) in [5, 5.41) is 2.92. The van der Waals surface area contributed by atoms with Crippen LogP contribution in [0.2, 0.25) is 0 Å². The number of para-hydroxylation sites is 1. The Morgan fingerprint density at radius 1 is 1.32 bits per heavy atom. The van der Waals surface area contributed by atoms with Crippen LogP contribution < -0.4 is 15.8 Å². The number of alkyl halides is 3. The normalized spacial score (nSPS) is 12.0. The number of benzene rings is 1. The van der Waals surface area contributed by atoms with Crippen LogP contribution in [0.4, 0.5) is 13.2 Å². The molecule has 0 aromatic heterocycles. The van der Waals surface area contributed by atoms with Gasteiger partial charge in [0, 0.05) is 12.1 Å². The van der Waals surface area contributed by atoms with E-state index in [1.165, 1.54) is 18.2 Å². The average Bonchev–Trinajstić information content (AvgIpc) is 2.35. The van der Waals surface area contributed by atoms with Gasteiger partial charge in [-0.25, -0.2) is 4.99 Å². The van der Waals surface area contributed by atoms with Crippen molar-refractivity contribution >= 4 is 29.9 Å². The van der Waals surface area contributed by atoms with E-state index < -0.39 is 6.36 Å². The maximum absolute atomic E-state index is 12.3. The molecule has 0 saturated heterocycles. The van der Waals surface area contributed by atoms with E-state index in [1.54, 1.807) is 6.07 Å². The Labute approximate surface area is 145 Å². The van der Waals surface area contributed by atoms with Crippen molar-refractivity contribution in [2.45, 2.75) is 33.2 Å². The number of nitrogens with two attached hydrogens (primary N) is 1. The van der Waals surface area contributed by atoms with Crippen molar-refractivity contribution < 1.29 is 17.9 Å². The molecule has 0 atom stereocenters. The fraction of sp³-hybridized carbons (Fsp3) is 0.500. The molecule has 0 radical (unpaired) electrons. The van der Waals surface area contributed by atoms with Gasteiger partial charge in [-0.05, 0) is 18.4 Å². The van der Waals surface area contributed by atoms with Gasteiger partial charge in [0.15, 0.2) is 5.96 Å². The summed E-state index contributed by atoms with van der Waals surface area (Å²) in [6.45, 7) is 4.86. The van der Waals surface area contributed by atoms with E-state index in [1.807, 2.05) is 0 Å². The van der Waals surface area contributed by atoms with E-state index in [-0.39, 0.29) is 42.2 Å². The predicted octanol–water partition coefficient (Wildman–Crippen LogP) is 3.65. The third kappa shape index (κ3) is 8.96. The van der Waals surface area contributed by atoms with Gasteiger partial charge in [-0.1, -0.05) is 32.0 Å². The van der Waals surface area contributed by atoms with E-state index in [9.17, 15) is 13.2 Å². The van der Waals surface area contributed by atoms with Gasteiger partial charge in [0.25, 0.3) is 0 Å². The highest BCUT2D eigenvalue weighted by Gasteiger charge is 2.31. The maximum atomic E-state index is 12.3. The highest BCUT2D eigenvalue weighted by atomic mass is 127. The fourth-order valence-electron chi connectivity index (χ4n) is 1.57. The minimum absolute atomic E-state index is 0. The zero-order chi connectivity index (χ0) is 15.9. The van der Waals surface area contributed by atoms with Gasteiger partial charge < -0.3 is 15.8 Å². The van der Waals surface area contributed by atoms with Crippen LogP contribution in [0.25, 0.3) is 0 Å². The lowest BCUT2D eigenvalue weighted by Crippen LogP contribution is -2.32. The standard InChI is InChI=1S/C14H20F3N3O.HI/c1-10(2)7-8-19-13(18)20-9-11-5-3-4-6-12(11)21-14(15,16)17;/h3-6,10H,7-9H2,1-2H3,(H3,18,19,20);1H. The van der Waals surface area contributed by atoms with E-state index in [2.05, 4.69) is 28.9 Å². The zero-order valence-electron chi connectivity index (χ0n) is 12.5. The molecule has 0 aliphatic heterocycles. The van der Waals surface area contributed by atoms with Crippen LogP contribution in [0.1, 0.15) is 25.8 Å². The van der Waals surface area contributed by atoms with Gasteiger partial charge in [-0.15, -0.1) is 37.1 Å². The Bertz CT molecular complexity index is 479. The lowest BCUT2D eigenvalue weighted by molar-refractivity contribution is -0.274. The van der Waals surface area contributed by atoms with Crippen LogP contribution in [0, 0.1) is 5.92 Å². The molecule has 0 aliphatic rings. The highest BCUT2D eigenvalue weighted by Crippen LogP contribution is 2.26. The number of rotatable bonds is 6. The summed E-state index contributed by atoms with van der Waals surface area (Å²) in [5.74, 6) is 0.479. The fourth-order valence-corrected chi connectivity index (χ4v) is 1.57. The van der Waals surface area contributed by atoms with Crippen LogP contribution >= 0.6 is 24.0 Å². The summed E-state index contributed by atoms with van der Waals surface area (Å²) >= 11 is 0. The number of hydrogen-bond acceptors (Lipinski definition) is 2. The van der Waals surface area contributed by atoms with Crippen LogP contribution in [-0.2, 0) is 6.54 Å². The molecular weight excluding hydrogens is 410 g/mol. The molecule has 0 unspecified atom stereocenters. The van der Waals surface area contributed by atoms with Crippen LogP contribution in [0.5, 0.6) is 5.75 Å². The molecule has 8 heteroatoms. The van der Waals surface area contributed by atoms with Gasteiger partial charge in [-0.3, -0.25) is 0 Å². The van der Waals surface area contributed by atoms with Gasteiger partial charge in [0.05, 0.1) is 6.54 Å². The smallest absolute Gasteiger partial charge is 0.405 e. The molecule has 0 fully saturated rings.